The summed E-state index contributed by atoms with van der Waals surface area (Å²) in [5.74, 6) is 1.18. The second-order valence-corrected chi connectivity index (χ2v) is 6.56. The van der Waals surface area contributed by atoms with E-state index in [2.05, 4.69) is 5.32 Å². The Bertz CT molecular complexity index is 1050. The highest BCUT2D eigenvalue weighted by Gasteiger charge is 2.11. The molecule has 2 aromatic carbocycles. The SMILES string of the molecule is COc1ccc(CCNC(=O)Cc2cc(=O)oc3cc(C)ccc23)cc1OC. The topological polar surface area (TPSA) is 77.8 Å². The van der Waals surface area contributed by atoms with Gasteiger partial charge in [-0.3, -0.25) is 4.79 Å². The van der Waals surface area contributed by atoms with Crippen LogP contribution in [0, 0.1) is 6.92 Å². The summed E-state index contributed by atoms with van der Waals surface area (Å²) >= 11 is 0. The number of carbonyl (C=O) groups excluding carboxylic acids is 1. The third-order valence-corrected chi connectivity index (χ3v) is 4.52. The van der Waals surface area contributed by atoms with Crippen molar-refractivity contribution < 1.29 is 18.7 Å². The van der Waals surface area contributed by atoms with Gasteiger partial charge in [0.1, 0.15) is 5.58 Å². The summed E-state index contributed by atoms with van der Waals surface area (Å²) in [6.45, 7) is 2.40. The molecule has 1 N–H and O–H groups in total. The Hall–Kier alpha value is -3.28. The van der Waals surface area contributed by atoms with Crippen LogP contribution in [0.4, 0.5) is 0 Å². The summed E-state index contributed by atoms with van der Waals surface area (Å²) in [5.41, 5.74) is 2.73. The standard InChI is InChI=1S/C22H23NO5/c1-14-4-6-17-16(13-22(25)28-19(17)10-14)12-21(24)23-9-8-15-5-7-18(26-2)20(11-15)27-3/h4-7,10-11,13H,8-9,12H2,1-3H3,(H,23,24). The van der Waals surface area contributed by atoms with Crippen molar-refractivity contribution in [3.05, 3.63) is 69.6 Å². The molecule has 0 atom stereocenters. The Morgan fingerprint density at radius 3 is 2.57 bits per heavy atom. The first-order chi connectivity index (χ1) is 13.5. The quantitative estimate of drug-likeness (QED) is 0.637. The average molecular weight is 381 g/mol. The van der Waals surface area contributed by atoms with Gasteiger partial charge in [0.15, 0.2) is 11.5 Å². The van der Waals surface area contributed by atoms with E-state index in [1.807, 2.05) is 37.3 Å². The first kappa shape index (κ1) is 19.5. The molecule has 0 bridgehead atoms. The number of rotatable bonds is 7. The van der Waals surface area contributed by atoms with E-state index in [1.54, 1.807) is 20.3 Å². The fourth-order valence-electron chi connectivity index (χ4n) is 3.10. The summed E-state index contributed by atoms with van der Waals surface area (Å²) in [7, 11) is 3.18. The highest BCUT2D eigenvalue weighted by atomic mass is 16.5. The van der Waals surface area contributed by atoms with Crippen molar-refractivity contribution in [3.8, 4) is 11.5 Å². The van der Waals surface area contributed by atoms with Crippen molar-refractivity contribution in [2.24, 2.45) is 0 Å². The van der Waals surface area contributed by atoms with Gasteiger partial charge in [-0.05, 0) is 48.2 Å². The van der Waals surface area contributed by atoms with Crippen molar-refractivity contribution in [1.82, 2.24) is 5.32 Å². The number of carbonyl (C=O) groups is 1. The van der Waals surface area contributed by atoms with Crippen LogP contribution in [0.5, 0.6) is 11.5 Å². The lowest BCUT2D eigenvalue weighted by Crippen LogP contribution is -2.27. The van der Waals surface area contributed by atoms with Gasteiger partial charge in [-0.2, -0.15) is 0 Å². The van der Waals surface area contributed by atoms with Crippen molar-refractivity contribution in [1.29, 1.82) is 0 Å². The molecular formula is C22H23NO5. The van der Waals surface area contributed by atoms with Gasteiger partial charge in [-0.1, -0.05) is 18.2 Å². The van der Waals surface area contributed by atoms with E-state index in [9.17, 15) is 9.59 Å². The lowest BCUT2D eigenvalue weighted by atomic mass is 10.1. The van der Waals surface area contributed by atoms with E-state index in [4.69, 9.17) is 13.9 Å². The summed E-state index contributed by atoms with van der Waals surface area (Å²) in [4.78, 5) is 24.1. The Kier molecular flexibility index (Phi) is 5.99. The Morgan fingerprint density at radius 1 is 1.04 bits per heavy atom. The largest absolute Gasteiger partial charge is 0.493 e. The van der Waals surface area contributed by atoms with Gasteiger partial charge >= 0.3 is 5.63 Å². The molecule has 0 aliphatic rings. The number of fused-ring (bicyclic) bond motifs is 1. The minimum Gasteiger partial charge on any atom is -0.493 e. The van der Waals surface area contributed by atoms with E-state index in [-0.39, 0.29) is 12.3 Å². The van der Waals surface area contributed by atoms with Crippen molar-refractivity contribution in [2.75, 3.05) is 20.8 Å². The number of benzene rings is 2. The number of aryl methyl sites for hydroxylation is 1. The van der Waals surface area contributed by atoms with Crippen molar-refractivity contribution in [2.45, 2.75) is 19.8 Å². The van der Waals surface area contributed by atoms with Crippen molar-refractivity contribution >= 4 is 16.9 Å². The number of hydrogen-bond donors (Lipinski definition) is 1. The maximum absolute atomic E-state index is 12.4. The smallest absolute Gasteiger partial charge is 0.336 e. The van der Waals surface area contributed by atoms with Crippen LogP contribution in [-0.4, -0.2) is 26.7 Å². The predicted molar refractivity (Wildman–Crippen MR) is 107 cm³/mol. The molecule has 3 aromatic rings. The molecule has 0 aliphatic heterocycles. The summed E-state index contributed by atoms with van der Waals surface area (Å²) in [6.07, 6.45) is 0.778. The van der Waals surface area contributed by atoms with Crippen LogP contribution in [0.2, 0.25) is 0 Å². The summed E-state index contributed by atoms with van der Waals surface area (Å²) in [6, 6.07) is 12.7. The van der Waals surface area contributed by atoms with E-state index in [0.717, 1.165) is 16.5 Å². The molecule has 0 fully saturated rings. The van der Waals surface area contributed by atoms with Gasteiger partial charge in [0, 0.05) is 18.0 Å². The fraction of sp³-hybridized carbons (Fsp3) is 0.273. The minimum atomic E-state index is -0.453. The highest BCUT2D eigenvalue weighted by molar-refractivity contribution is 5.87. The zero-order chi connectivity index (χ0) is 20.1. The molecule has 1 heterocycles. The van der Waals surface area contributed by atoms with Crippen LogP contribution >= 0.6 is 0 Å². The van der Waals surface area contributed by atoms with Gasteiger partial charge in [0.05, 0.1) is 20.6 Å². The second kappa shape index (κ2) is 8.61. The van der Waals surface area contributed by atoms with Crippen LogP contribution in [0.25, 0.3) is 11.0 Å². The number of nitrogens with one attached hydrogen (secondary N) is 1. The van der Waals surface area contributed by atoms with Gasteiger partial charge < -0.3 is 19.2 Å². The predicted octanol–water partition coefficient (Wildman–Crippen LogP) is 3.02. The first-order valence-electron chi connectivity index (χ1n) is 9.01. The van der Waals surface area contributed by atoms with Gasteiger partial charge in [-0.25, -0.2) is 4.79 Å². The lowest BCUT2D eigenvalue weighted by molar-refractivity contribution is -0.120. The zero-order valence-corrected chi connectivity index (χ0v) is 16.2. The van der Waals surface area contributed by atoms with Crippen LogP contribution in [-0.2, 0) is 17.6 Å². The molecule has 1 aromatic heterocycles. The van der Waals surface area contributed by atoms with Gasteiger partial charge in [0.25, 0.3) is 0 Å². The molecule has 1 amide bonds. The second-order valence-electron chi connectivity index (χ2n) is 6.56. The molecule has 0 radical (unpaired) electrons. The van der Waals surface area contributed by atoms with E-state index in [0.29, 0.717) is 35.6 Å². The van der Waals surface area contributed by atoms with Crippen LogP contribution in [0.3, 0.4) is 0 Å². The average Bonchev–Trinajstić information content (AvgIpc) is 2.67. The third-order valence-electron chi connectivity index (χ3n) is 4.52. The summed E-state index contributed by atoms with van der Waals surface area (Å²) in [5, 5.41) is 3.68. The normalized spacial score (nSPS) is 10.7. The number of methoxy groups -OCH3 is 2. The minimum absolute atomic E-state index is 0.122. The van der Waals surface area contributed by atoms with Gasteiger partial charge in [-0.15, -0.1) is 0 Å². The Balaban J connectivity index is 1.64. The number of hydrogen-bond acceptors (Lipinski definition) is 5. The zero-order valence-electron chi connectivity index (χ0n) is 16.2. The molecule has 28 heavy (non-hydrogen) atoms. The molecule has 6 heteroatoms. The maximum atomic E-state index is 12.4. The highest BCUT2D eigenvalue weighted by Crippen LogP contribution is 2.27. The Morgan fingerprint density at radius 2 is 1.82 bits per heavy atom. The fourth-order valence-corrected chi connectivity index (χ4v) is 3.10. The number of amides is 1. The molecule has 0 unspecified atom stereocenters. The monoisotopic (exact) mass is 381 g/mol. The molecule has 0 aliphatic carbocycles. The molecule has 3 rings (SSSR count). The third kappa shape index (κ3) is 4.52. The molecule has 0 saturated heterocycles. The van der Waals surface area contributed by atoms with Crippen LogP contribution in [0.1, 0.15) is 16.7 Å². The van der Waals surface area contributed by atoms with Crippen LogP contribution in [0.15, 0.2) is 51.7 Å². The Labute approximate surface area is 163 Å². The molecule has 0 spiro atoms. The molecule has 0 saturated carbocycles. The van der Waals surface area contributed by atoms with Gasteiger partial charge in [0.2, 0.25) is 5.91 Å². The van der Waals surface area contributed by atoms with E-state index in [1.165, 1.54) is 6.07 Å². The first-order valence-corrected chi connectivity index (χ1v) is 9.01. The summed E-state index contributed by atoms with van der Waals surface area (Å²) < 4.78 is 15.8. The lowest BCUT2D eigenvalue weighted by Gasteiger charge is -2.10. The number of ether oxygens (including phenoxy) is 2. The molecular weight excluding hydrogens is 358 g/mol. The van der Waals surface area contributed by atoms with E-state index < -0.39 is 5.63 Å². The van der Waals surface area contributed by atoms with Crippen molar-refractivity contribution in [3.63, 3.8) is 0 Å². The maximum Gasteiger partial charge on any atom is 0.336 e. The molecule has 6 nitrogen and oxygen atoms in total. The van der Waals surface area contributed by atoms with Crippen LogP contribution < -0.4 is 20.4 Å². The molecule has 146 valence electrons. The van der Waals surface area contributed by atoms with E-state index >= 15 is 0 Å².